The van der Waals surface area contributed by atoms with Gasteiger partial charge in [-0.2, -0.15) is 5.26 Å². The van der Waals surface area contributed by atoms with Crippen molar-refractivity contribution in [2.24, 2.45) is 0 Å². The van der Waals surface area contributed by atoms with Gasteiger partial charge in [-0.3, -0.25) is 0 Å². The zero-order chi connectivity index (χ0) is 18.5. The summed E-state index contributed by atoms with van der Waals surface area (Å²) in [6, 6.07) is 18.2. The summed E-state index contributed by atoms with van der Waals surface area (Å²) < 4.78 is 2.04. The Morgan fingerprint density at radius 3 is 2.42 bits per heavy atom. The molecule has 1 heterocycles. The number of halogens is 1. The molecule has 0 saturated carbocycles. The summed E-state index contributed by atoms with van der Waals surface area (Å²) >= 11 is 7.43. The van der Waals surface area contributed by atoms with Crippen LogP contribution in [0.15, 0.2) is 53.7 Å². The third kappa shape index (κ3) is 4.27. The van der Waals surface area contributed by atoms with Crippen molar-refractivity contribution < 1.29 is 0 Å². The van der Waals surface area contributed by atoms with Gasteiger partial charge in [-0.05, 0) is 50.1 Å². The molecule has 0 bridgehead atoms. The van der Waals surface area contributed by atoms with Gasteiger partial charge in [0.2, 0.25) is 0 Å². The second-order valence-corrected chi connectivity index (χ2v) is 7.59. The minimum absolute atomic E-state index is 0.217. The maximum atomic E-state index is 9.58. The molecule has 0 spiro atoms. The van der Waals surface area contributed by atoms with Crippen molar-refractivity contribution in [2.75, 3.05) is 0 Å². The summed E-state index contributed by atoms with van der Waals surface area (Å²) in [5, 5.41) is 19.5. The highest BCUT2D eigenvalue weighted by atomic mass is 35.5. The first kappa shape index (κ1) is 18.5. The number of aromatic nitrogens is 3. The first-order chi connectivity index (χ1) is 12.6. The van der Waals surface area contributed by atoms with Crippen LogP contribution in [0.1, 0.15) is 18.1 Å². The second kappa shape index (κ2) is 8.39. The van der Waals surface area contributed by atoms with Crippen molar-refractivity contribution >= 4 is 23.4 Å². The molecule has 2 aromatic carbocycles. The molecule has 0 unspecified atom stereocenters. The fraction of sp³-hybridized carbons (Fsp3) is 0.250. The van der Waals surface area contributed by atoms with Gasteiger partial charge in [0.1, 0.15) is 5.25 Å². The summed E-state index contributed by atoms with van der Waals surface area (Å²) in [5.74, 6) is 0.790. The van der Waals surface area contributed by atoms with E-state index >= 15 is 0 Å². The van der Waals surface area contributed by atoms with E-state index in [-0.39, 0.29) is 5.25 Å². The van der Waals surface area contributed by atoms with Gasteiger partial charge in [-0.25, -0.2) is 0 Å². The third-order valence-electron chi connectivity index (χ3n) is 4.07. The molecule has 3 aromatic rings. The summed E-state index contributed by atoms with van der Waals surface area (Å²) in [5.41, 5.74) is 3.33. The molecule has 132 valence electrons. The lowest BCUT2D eigenvalue weighted by Gasteiger charge is -2.11. The molecule has 0 aliphatic carbocycles. The molecule has 0 radical (unpaired) electrons. The molecule has 4 nitrogen and oxygen atoms in total. The normalized spacial score (nSPS) is 11.9. The fourth-order valence-corrected chi connectivity index (χ4v) is 3.79. The van der Waals surface area contributed by atoms with Crippen LogP contribution in [0.3, 0.4) is 0 Å². The van der Waals surface area contributed by atoms with Crippen molar-refractivity contribution in [1.82, 2.24) is 14.8 Å². The van der Waals surface area contributed by atoms with Crippen LogP contribution in [0, 0.1) is 18.3 Å². The van der Waals surface area contributed by atoms with Crippen molar-refractivity contribution in [3.63, 3.8) is 0 Å². The first-order valence-electron chi connectivity index (χ1n) is 8.41. The quantitative estimate of drug-likeness (QED) is 0.553. The average molecular weight is 383 g/mol. The molecule has 0 saturated heterocycles. The predicted octanol–water partition coefficient (Wildman–Crippen LogP) is 5.15. The summed E-state index contributed by atoms with van der Waals surface area (Å²) in [6.45, 7) is 4.84. The Labute approximate surface area is 162 Å². The number of hydrogen-bond donors (Lipinski definition) is 0. The minimum Gasteiger partial charge on any atom is -0.302 e. The van der Waals surface area contributed by atoms with E-state index in [0.717, 1.165) is 28.7 Å². The van der Waals surface area contributed by atoms with Gasteiger partial charge in [0, 0.05) is 17.1 Å². The van der Waals surface area contributed by atoms with Crippen molar-refractivity contribution in [3.05, 3.63) is 64.7 Å². The van der Waals surface area contributed by atoms with E-state index in [4.69, 9.17) is 11.6 Å². The minimum atomic E-state index is -0.217. The maximum absolute atomic E-state index is 9.58. The Hall–Kier alpha value is -2.29. The second-order valence-electron chi connectivity index (χ2n) is 5.98. The lowest BCUT2D eigenvalue weighted by molar-refractivity contribution is 0.686. The van der Waals surface area contributed by atoms with Gasteiger partial charge in [-0.1, -0.05) is 53.2 Å². The zero-order valence-electron chi connectivity index (χ0n) is 14.7. The number of thioether (sulfide) groups is 1. The Kier molecular flexibility index (Phi) is 5.97. The first-order valence-corrected chi connectivity index (χ1v) is 9.67. The van der Waals surface area contributed by atoms with Crippen LogP contribution in [-0.4, -0.2) is 20.0 Å². The van der Waals surface area contributed by atoms with E-state index < -0.39 is 0 Å². The number of aryl methyl sites for hydroxylation is 1. The van der Waals surface area contributed by atoms with Crippen molar-refractivity contribution in [3.8, 4) is 17.5 Å². The van der Waals surface area contributed by atoms with E-state index in [1.165, 1.54) is 17.3 Å². The highest BCUT2D eigenvalue weighted by molar-refractivity contribution is 8.00. The summed E-state index contributed by atoms with van der Waals surface area (Å²) in [4.78, 5) is 0. The number of nitrogens with zero attached hydrogens (tertiary/aromatic N) is 4. The van der Waals surface area contributed by atoms with Crippen LogP contribution < -0.4 is 0 Å². The largest absolute Gasteiger partial charge is 0.302 e. The Balaban J connectivity index is 1.81. The Bertz CT molecular complexity index is 910. The van der Waals surface area contributed by atoms with Gasteiger partial charge < -0.3 is 4.57 Å². The Morgan fingerprint density at radius 1 is 1.12 bits per heavy atom. The SMILES string of the molecule is CCn1c(S[C@H](C#N)Cc2ccc(C)cc2)nnc1-c1ccc(Cl)cc1. The molecule has 1 aromatic heterocycles. The molecule has 26 heavy (non-hydrogen) atoms. The smallest absolute Gasteiger partial charge is 0.192 e. The summed E-state index contributed by atoms with van der Waals surface area (Å²) in [7, 11) is 0. The van der Waals surface area contributed by atoms with E-state index in [9.17, 15) is 5.26 Å². The third-order valence-corrected chi connectivity index (χ3v) is 5.39. The highest BCUT2D eigenvalue weighted by Gasteiger charge is 2.18. The van der Waals surface area contributed by atoms with Crippen LogP contribution in [0.4, 0.5) is 0 Å². The van der Waals surface area contributed by atoms with Crippen LogP contribution in [0.2, 0.25) is 5.02 Å². The topological polar surface area (TPSA) is 54.5 Å². The number of nitriles is 1. The average Bonchev–Trinajstić information content (AvgIpc) is 3.06. The molecule has 0 fully saturated rings. The van der Waals surface area contributed by atoms with Crippen LogP contribution in [0.25, 0.3) is 11.4 Å². The number of benzene rings is 2. The molecular formula is C20H19ClN4S. The van der Waals surface area contributed by atoms with E-state index in [2.05, 4.69) is 47.5 Å². The lowest BCUT2D eigenvalue weighted by atomic mass is 10.1. The van der Waals surface area contributed by atoms with E-state index in [1.54, 1.807) is 0 Å². The summed E-state index contributed by atoms with van der Waals surface area (Å²) in [6.07, 6.45) is 0.675. The van der Waals surface area contributed by atoms with Gasteiger partial charge >= 0.3 is 0 Å². The molecule has 1 atom stereocenters. The highest BCUT2D eigenvalue weighted by Crippen LogP contribution is 2.28. The zero-order valence-corrected chi connectivity index (χ0v) is 16.3. The lowest BCUT2D eigenvalue weighted by Crippen LogP contribution is -2.07. The fourth-order valence-electron chi connectivity index (χ4n) is 2.65. The van der Waals surface area contributed by atoms with Gasteiger partial charge in [0.05, 0.1) is 6.07 Å². The van der Waals surface area contributed by atoms with Gasteiger partial charge in [0.15, 0.2) is 11.0 Å². The van der Waals surface area contributed by atoms with Gasteiger partial charge in [-0.15, -0.1) is 10.2 Å². The predicted molar refractivity (Wildman–Crippen MR) is 106 cm³/mol. The molecule has 3 rings (SSSR count). The van der Waals surface area contributed by atoms with Crippen LogP contribution in [-0.2, 0) is 13.0 Å². The molecular weight excluding hydrogens is 364 g/mol. The Morgan fingerprint density at radius 2 is 1.81 bits per heavy atom. The standard InChI is InChI=1S/C20H19ClN4S/c1-3-25-19(16-8-10-17(21)11-9-16)23-24-20(25)26-18(13-22)12-15-6-4-14(2)5-7-15/h4-11,18H,3,12H2,1-2H3/t18-/m0/s1. The molecule has 0 aliphatic rings. The van der Waals surface area contributed by atoms with Crippen molar-refractivity contribution in [2.45, 2.75) is 37.2 Å². The monoisotopic (exact) mass is 382 g/mol. The van der Waals surface area contributed by atoms with E-state index in [0.29, 0.717) is 11.4 Å². The number of rotatable bonds is 6. The number of hydrogen-bond acceptors (Lipinski definition) is 4. The van der Waals surface area contributed by atoms with Crippen LogP contribution >= 0.6 is 23.4 Å². The van der Waals surface area contributed by atoms with Crippen molar-refractivity contribution in [1.29, 1.82) is 5.26 Å². The molecule has 0 amide bonds. The van der Waals surface area contributed by atoms with Crippen LogP contribution in [0.5, 0.6) is 0 Å². The van der Waals surface area contributed by atoms with Gasteiger partial charge in [0.25, 0.3) is 0 Å². The molecule has 6 heteroatoms. The maximum Gasteiger partial charge on any atom is 0.192 e. The van der Waals surface area contributed by atoms with E-state index in [1.807, 2.05) is 35.8 Å². The molecule has 0 N–H and O–H groups in total. The molecule has 0 aliphatic heterocycles.